The van der Waals surface area contributed by atoms with Gasteiger partial charge in [0.05, 0.1) is 128 Å². The van der Waals surface area contributed by atoms with Crippen LogP contribution in [-0.4, -0.2) is 198 Å². The minimum Gasteiger partial charge on any atom is -0.394 e. The highest BCUT2D eigenvalue weighted by Gasteiger charge is 2.21. The highest BCUT2D eigenvalue weighted by molar-refractivity contribution is 4.73. The van der Waals surface area contributed by atoms with Crippen molar-refractivity contribution >= 4 is 0 Å². The van der Waals surface area contributed by atoms with E-state index in [-0.39, 0.29) is 102 Å². The zero-order valence-corrected chi connectivity index (χ0v) is 31.3. The molecule has 0 spiro atoms. The molecule has 0 aromatic carbocycles. The zero-order chi connectivity index (χ0) is 36.2. The highest BCUT2D eigenvalue weighted by atomic mass is 16.6. The van der Waals surface area contributed by atoms with E-state index in [1.165, 1.54) is 0 Å². The molecule has 0 aliphatic carbocycles. The van der Waals surface area contributed by atoms with Gasteiger partial charge in [-0.3, -0.25) is 9.80 Å². The third kappa shape index (κ3) is 28.2. The van der Waals surface area contributed by atoms with Crippen LogP contribution in [0.3, 0.4) is 0 Å². The maximum Gasteiger partial charge on any atom is 0.0781 e. The van der Waals surface area contributed by atoms with Gasteiger partial charge >= 0.3 is 0 Å². The van der Waals surface area contributed by atoms with Crippen LogP contribution in [0.5, 0.6) is 0 Å². The van der Waals surface area contributed by atoms with Crippen LogP contribution in [0.15, 0.2) is 0 Å². The summed E-state index contributed by atoms with van der Waals surface area (Å²) in [5.74, 6) is 0. The molecule has 0 aliphatic rings. The summed E-state index contributed by atoms with van der Waals surface area (Å²) < 4.78 is 46.7. The Hall–Kier alpha value is -0.560. The molecule has 0 rings (SSSR count). The van der Waals surface area contributed by atoms with E-state index in [0.29, 0.717) is 52.6 Å². The van der Waals surface area contributed by atoms with Gasteiger partial charge in [-0.1, -0.05) is 0 Å². The topological polar surface area (TPSA) is 161 Å². The van der Waals surface area contributed by atoms with Crippen LogP contribution in [0, 0.1) is 0 Å². The van der Waals surface area contributed by atoms with Gasteiger partial charge in [-0.2, -0.15) is 0 Å². The molecule has 0 fully saturated rings. The SMILES string of the molecule is CC(COC(C)CN(CCN(CC(C)OCC(C)OCCO)CC(C)OCC(C)OCCO)CC(C)OCC(C)OCCO)OCCO. The van der Waals surface area contributed by atoms with E-state index in [0.717, 1.165) is 13.1 Å². The Morgan fingerprint density at radius 3 is 0.729 bits per heavy atom. The first-order valence-corrected chi connectivity index (χ1v) is 17.7. The van der Waals surface area contributed by atoms with Crippen molar-refractivity contribution in [1.82, 2.24) is 9.80 Å². The van der Waals surface area contributed by atoms with Gasteiger partial charge in [-0.05, 0) is 55.4 Å². The molecule has 290 valence electrons. The predicted molar refractivity (Wildman–Crippen MR) is 185 cm³/mol. The van der Waals surface area contributed by atoms with E-state index in [1.54, 1.807) is 0 Å². The minimum atomic E-state index is -0.123. The van der Waals surface area contributed by atoms with Gasteiger partial charge in [0.15, 0.2) is 0 Å². The fourth-order valence-corrected chi connectivity index (χ4v) is 4.87. The number of hydrogen-bond donors (Lipinski definition) is 4. The number of aliphatic hydroxyl groups is 4. The van der Waals surface area contributed by atoms with E-state index in [1.807, 2.05) is 55.4 Å². The molecule has 8 atom stereocenters. The molecule has 48 heavy (non-hydrogen) atoms. The summed E-state index contributed by atoms with van der Waals surface area (Å²) in [5.41, 5.74) is 0. The summed E-state index contributed by atoms with van der Waals surface area (Å²) >= 11 is 0. The van der Waals surface area contributed by atoms with Crippen molar-refractivity contribution in [1.29, 1.82) is 0 Å². The smallest absolute Gasteiger partial charge is 0.0781 e. The fourth-order valence-electron chi connectivity index (χ4n) is 4.87. The lowest BCUT2D eigenvalue weighted by Gasteiger charge is -2.33. The van der Waals surface area contributed by atoms with Crippen molar-refractivity contribution in [3.05, 3.63) is 0 Å². The predicted octanol–water partition coefficient (Wildman–Crippen LogP) is 0.800. The van der Waals surface area contributed by atoms with Gasteiger partial charge < -0.3 is 58.3 Å². The van der Waals surface area contributed by atoms with Gasteiger partial charge in [-0.25, -0.2) is 0 Å². The van der Waals surface area contributed by atoms with E-state index in [2.05, 4.69) is 9.80 Å². The third-order valence-corrected chi connectivity index (χ3v) is 7.23. The van der Waals surface area contributed by atoms with Crippen LogP contribution in [0.2, 0.25) is 0 Å². The van der Waals surface area contributed by atoms with Crippen LogP contribution in [-0.2, 0) is 37.9 Å². The second-order valence-corrected chi connectivity index (χ2v) is 12.7. The first-order chi connectivity index (χ1) is 22.9. The number of ether oxygens (including phenoxy) is 8. The van der Waals surface area contributed by atoms with Crippen molar-refractivity contribution in [3.8, 4) is 0 Å². The largest absolute Gasteiger partial charge is 0.394 e. The summed E-state index contributed by atoms with van der Waals surface area (Å²) in [5, 5.41) is 36.2. The number of rotatable bonds is 35. The monoisotopic (exact) mass is 701 g/mol. The van der Waals surface area contributed by atoms with Crippen molar-refractivity contribution in [2.45, 2.75) is 104 Å². The number of hydrogen-bond acceptors (Lipinski definition) is 14. The molecule has 0 bridgehead atoms. The van der Waals surface area contributed by atoms with Crippen molar-refractivity contribution in [2.75, 3.05) is 119 Å². The Bertz CT molecular complexity index is 593. The normalized spacial score (nSPS) is 17.4. The maximum atomic E-state index is 9.05. The first-order valence-electron chi connectivity index (χ1n) is 17.7. The van der Waals surface area contributed by atoms with Crippen molar-refractivity contribution < 1.29 is 58.3 Å². The summed E-state index contributed by atoms with van der Waals surface area (Å²) in [6.07, 6.45) is -0.757. The van der Waals surface area contributed by atoms with Gasteiger partial charge in [0.25, 0.3) is 0 Å². The Balaban J connectivity index is 5.50. The fraction of sp³-hybridized carbons (Fsp3) is 1.00. The molecular formula is C34H72N2O12. The second-order valence-electron chi connectivity index (χ2n) is 12.7. The molecule has 0 aromatic rings. The van der Waals surface area contributed by atoms with Crippen molar-refractivity contribution in [2.24, 2.45) is 0 Å². The van der Waals surface area contributed by atoms with E-state index in [4.69, 9.17) is 58.3 Å². The van der Waals surface area contributed by atoms with Crippen LogP contribution in [0.25, 0.3) is 0 Å². The third-order valence-electron chi connectivity index (χ3n) is 7.23. The van der Waals surface area contributed by atoms with Gasteiger partial charge in [-0.15, -0.1) is 0 Å². The van der Waals surface area contributed by atoms with E-state index < -0.39 is 0 Å². The second kappa shape index (κ2) is 31.2. The summed E-state index contributed by atoms with van der Waals surface area (Å²) in [6, 6.07) is 0. The van der Waals surface area contributed by atoms with Gasteiger partial charge in [0.2, 0.25) is 0 Å². The number of aliphatic hydroxyl groups excluding tert-OH is 4. The van der Waals surface area contributed by atoms with E-state index in [9.17, 15) is 0 Å². The number of nitrogens with zero attached hydrogens (tertiary/aromatic N) is 2. The Labute approximate surface area is 290 Å². The minimum absolute atomic E-state index is 0.0218. The Kier molecular flexibility index (Phi) is 30.8. The maximum absolute atomic E-state index is 9.05. The molecule has 0 aliphatic heterocycles. The molecule has 14 nitrogen and oxygen atoms in total. The van der Waals surface area contributed by atoms with Crippen molar-refractivity contribution in [3.63, 3.8) is 0 Å². The quantitative estimate of drug-likeness (QED) is 0.0735. The molecule has 8 unspecified atom stereocenters. The van der Waals surface area contributed by atoms with E-state index >= 15 is 0 Å². The van der Waals surface area contributed by atoms with Crippen LogP contribution in [0.4, 0.5) is 0 Å². The molecule has 0 saturated heterocycles. The lowest BCUT2D eigenvalue weighted by Crippen LogP contribution is -2.46. The molecule has 4 N–H and O–H groups in total. The Morgan fingerprint density at radius 1 is 0.333 bits per heavy atom. The zero-order valence-electron chi connectivity index (χ0n) is 31.3. The molecule has 0 heterocycles. The summed E-state index contributed by atoms with van der Waals surface area (Å²) in [6.45, 7) is 22.9. The summed E-state index contributed by atoms with van der Waals surface area (Å²) in [7, 11) is 0. The molecule has 0 aromatic heterocycles. The molecule has 0 amide bonds. The van der Waals surface area contributed by atoms with Crippen LogP contribution in [0.1, 0.15) is 55.4 Å². The standard InChI is InChI=1S/C34H72N2O12/c1-27(45-23-31(5)41-15-11-37)19-35(20-28(2)46-24-32(6)42-16-12-38)9-10-36(21-29(3)47-25-33(7)43-17-13-39)22-30(4)48-26-34(8)44-18-14-40/h27-34,37-40H,9-26H2,1-8H3. The van der Waals surface area contributed by atoms with Crippen LogP contribution < -0.4 is 0 Å². The first kappa shape index (κ1) is 47.4. The van der Waals surface area contributed by atoms with Gasteiger partial charge in [0, 0.05) is 39.3 Å². The van der Waals surface area contributed by atoms with Crippen LogP contribution >= 0.6 is 0 Å². The molecule has 14 heteroatoms. The molecule has 0 radical (unpaired) electrons. The lowest BCUT2D eigenvalue weighted by atomic mass is 10.2. The molecular weight excluding hydrogens is 628 g/mol. The molecule has 0 saturated carbocycles. The average Bonchev–Trinajstić information content (AvgIpc) is 3.06. The Morgan fingerprint density at radius 2 is 0.542 bits per heavy atom. The summed E-state index contributed by atoms with van der Waals surface area (Å²) in [4.78, 5) is 4.68. The van der Waals surface area contributed by atoms with Gasteiger partial charge in [0.1, 0.15) is 0 Å². The highest BCUT2D eigenvalue weighted by Crippen LogP contribution is 2.09. The average molecular weight is 701 g/mol. The lowest BCUT2D eigenvalue weighted by molar-refractivity contribution is -0.0665.